The maximum absolute atomic E-state index is 12.2. The lowest BCUT2D eigenvalue weighted by atomic mass is 10.1. The Morgan fingerprint density at radius 1 is 0.947 bits per heavy atom. The number of unbranched alkanes of at least 4 members (excludes halogenated alkanes) is 9. The van der Waals surface area contributed by atoms with E-state index in [4.69, 9.17) is 0 Å². The molecule has 0 aromatic rings. The number of carbonyl (C=O) groups excluding carboxylic acids is 1. The largest absolute Gasteiger partial charge is 0.410 e. The van der Waals surface area contributed by atoms with Crippen molar-refractivity contribution in [3.05, 3.63) is 0 Å². The number of rotatable bonds is 13. The molecule has 5 heteroatoms. The zero-order chi connectivity index (χ0) is 14.3. The summed E-state index contributed by atoms with van der Waals surface area (Å²) in [5, 5.41) is 0. The van der Waals surface area contributed by atoms with Gasteiger partial charge in [-0.3, -0.25) is 4.31 Å². The van der Waals surface area contributed by atoms with Gasteiger partial charge in [0.2, 0.25) is 0 Å². The first kappa shape index (κ1) is 19.1. The van der Waals surface area contributed by atoms with Gasteiger partial charge in [0.15, 0.2) is 0 Å². The molecule has 19 heavy (non-hydrogen) atoms. The van der Waals surface area contributed by atoms with Crippen LogP contribution in [0.4, 0.5) is 9.18 Å². The minimum absolute atomic E-state index is 0.985. The third-order valence-corrected chi connectivity index (χ3v) is 5.41. The van der Waals surface area contributed by atoms with Gasteiger partial charge in [-0.1, -0.05) is 75.5 Å². The molecule has 0 fully saturated rings. The van der Waals surface area contributed by atoms with Crippen LogP contribution in [0.15, 0.2) is 0 Å². The van der Waals surface area contributed by atoms with Crippen molar-refractivity contribution in [1.29, 1.82) is 0 Å². The van der Waals surface area contributed by atoms with Gasteiger partial charge in [-0.25, -0.2) is 4.79 Å². The Morgan fingerprint density at radius 3 is 1.89 bits per heavy atom. The number of hydrogen-bond acceptors (Lipinski definition) is 3. The lowest BCUT2D eigenvalue weighted by Crippen LogP contribution is -2.10. The summed E-state index contributed by atoms with van der Waals surface area (Å²) in [5.41, 5.74) is 0. The molecule has 0 saturated carbocycles. The van der Waals surface area contributed by atoms with Crippen LogP contribution in [0.2, 0.25) is 0 Å². The van der Waals surface area contributed by atoms with Crippen molar-refractivity contribution in [2.45, 2.75) is 71.1 Å². The van der Waals surface area contributed by atoms with E-state index >= 15 is 0 Å². The van der Waals surface area contributed by atoms with Crippen LogP contribution in [0.1, 0.15) is 71.1 Å². The molecule has 0 aromatic heterocycles. The molecule has 0 saturated heterocycles. The van der Waals surface area contributed by atoms with Crippen LogP contribution in [0, 0.1) is 0 Å². The Morgan fingerprint density at radius 2 is 1.42 bits per heavy atom. The Balaban J connectivity index is 3.05. The summed E-state index contributed by atoms with van der Waals surface area (Å²) in [6.07, 6.45) is 11.9. The summed E-state index contributed by atoms with van der Waals surface area (Å²) >= 11 is 0. The Hall–Kier alpha value is 0.1000. The average molecular weight is 310 g/mol. The zero-order valence-electron chi connectivity index (χ0n) is 12.3. The molecule has 0 rings (SSSR count). The second kappa shape index (κ2) is 14.5. The van der Waals surface area contributed by atoms with Gasteiger partial charge in [0.1, 0.15) is 0 Å². The Kier molecular flexibility index (Phi) is 14.6. The molecule has 0 aliphatic heterocycles. The third-order valence-electron chi connectivity index (χ3n) is 2.99. The van der Waals surface area contributed by atoms with Crippen LogP contribution in [0.25, 0.3) is 0 Å². The molecule has 1 amide bonds. The van der Waals surface area contributed by atoms with Gasteiger partial charge in [-0.05, 0) is 6.42 Å². The predicted molar refractivity (Wildman–Crippen MR) is 86.2 cm³/mol. The van der Waals surface area contributed by atoms with Crippen molar-refractivity contribution >= 4 is 27.9 Å². The van der Waals surface area contributed by atoms with Crippen molar-refractivity contribution in [2.75, 3.05) is 12.8 Å². The van der Waals surface area contributed by atoms with E-state index in [0.29, 0.717) is 0 Å². The molecule has 0 spiro atoms. The van der Waals surface area contributed by atoms with Gasteiger partial charge < -0.3 is 0 Å². The molecule has 0 aliphatic rings. The molecule has 0 heterocycles. The minimum Gasteiger partial charge on any atom is -0.252 e. The number of hydrogen-bond donors (Lipinski definition) is 0. The second-order valence-corrected chi connectivity index (χ2v) is 7.32. The quantitative estimate of drug-likeness (QED) is 0.132. The normalized spacial score (nSPS) is 10.7. The van der Waals surface area contributed by atoms with E-state index in [9.17, 15) is 9.18 Å². The van der Waals surface area contributed by atoms with Gasteiger partial charge >= 0.3 is 6.16 Å². The van der Waals surface area contributed by atoms with E-state index in [1.54, 1.807) is 10.8 Å². The highest BCUT2D eigenvalue weighted by molar-refractivity contribution is 8.75. The standard InChI is InChI=1S/C14H28FNOS2/c1-3-4-5-6-7-8-9-10-11-12-13-18-19-16(2)14(15)17/h3-13H2,1-2H3. The third kappa shape index (κ3) is 14.3. The SMILES string of the molecule is CCCCCCCCCCCCSSN(C)C(=O)F. The maximum atomic E-state index is 12.2. The van der Waals surface area contributed by atoms with E-state index in [-0.39, 0.29) is 0 Å². The maximum Gasteiger partial charge on any atom is 0.410 e. The smallest absolute Gasteiger partial charge is 0.252 e. The second-order valence-electron chi connectivity index (χ2n) is 4.83. The van der Waals surface area contributed by atoms with Gasteiger partial charge in [0.05, 0.1) is 0 Å². The molecule has 0 bridgehead atoms. The van der Waals surface area contributed by atoms with Crippen LogP contribution in [-0.4, -0.2) is 23.3 Å². The summed E-state index contributed by atoms with van der Waals surface area (Å²) in [6.45, 7) is 2.25. The molecule has 2 nitrogen and oxygen atoms in total. The van der Waals surface area contributed by atoms with E-state index in [1.165, 1.54) is 75.8 Å². The summed E-state index contributed by atoms with van der Waals surface area (Å²) in [5.74, 6) is 0.985. The predicted octanol–water partition coefficient (Wildman–Crippen LogP) is 6.23. The van der Waals surface area contributed by atoms with Gasteiger partial charge in [0, 0.05) is 23.8 Å². The highest BCUT2D eigenvalue weighted by Crippen LogP contribution is 2.26. The fourth-order valence-corrected chi connectivity index (χ4v) is 3.63. The topological polar surface area (TPSA) is 20.3 Å². The van der Waals surface area contributed by atoms with E-state index in [1.807, 2.05) is 0 Å². The summed E-state index contributed by atoms with van der Waals surface area (Å²) in [7, 11) is 4.20. The molecule has 0 unspecified atom stereocenters. The zero-order valence-corrected chi connectivity index (χ0v) is 14.0. The van der Waals surface area contributed by atoms with Crippen molar-refractivity contribution in [1.82, 2.24) is 4.31 Å². The summed E-state index contributed by atoms with van der Waals surface area (Å²) in [4.78, 5) is 10.3. The number of nitrogens with zero attached hydrogens (tertiary/aromatic N) is 1. The molecule has 0 N–H and O–H groups in total. The van der Waals surface area contributed by atoms with Crippen LogP contribution >= 0.6 is 21.8 Å². The van der Waals surface area contributed by atoms with Crippen molar-refractivity contribution < 1.29 is 9.18 Å². The molecule has 0 atom stereocenters. The van der Waals surface area contributed by atoms with Crippen molar-refractivity contribution in [3.8, 4) is 0 Å². The minimum atomic E-state index is -1.37. The molecule has 114 valence electrons. The van der Waals surface area contributed by atoms with Crippen LogP contribution in [-0.2, 0) is 0 Å². The van der Waals surface area contributed by atoms with Crippen LogP contribution in [0.3, 0.4) is 0 Å². The highest BCUT2D eigenvalue weighted by Gasteiger charge is 2.06. The van der Waals surface area contributed by atoms with Crippen molar-refractivity contribution in [2.24, 2.45) is 0 Å². The first-order chi connectivity index (χ1) is 9.18. The number of carbonyl (C=O) groups is 1. The van der Waals surface area contributed by atoms with Gasteiger partial charge in [0.25, 0.3) is 0 Å². The molecular weight excluding hydrogens is 281 g/mol. The van der Waals surface area contributed by atoms with E-state index in [0.717, 1.165) is 16.5 Å². The fourth-order valence-electron chi connectivity index (χ4n) is 1.79. The van der Waals surface area contributed by atoms with Crippen molar-refractivity contribution in [3.63, 3.8) is 0 Å². The monoisotopic (exact) mass is 309 g/mol. The first-order valence-electron chi connectivity index (χ1n) is 7.41. The molecule has 0 aliphatic carbocycles. The first-order valence-corrected chi connectivity index (χ1v) is 9.68. The molecule has 0 radical (unpaired) electrons. The number of amides is 1. The van der Waals surface area contributed by atoms with Crippen LogP contribution in [0.5, 0.6) is 0 Å². The van der Waals surface area contributed by atoms with Crippen LogP contribution < -0.4 is 0 Å². The summed E-state index contributed by atoms with van der Waals surface area (Å²) in [6, 6.07) is 0. The highest BCUT2D eigenvalue weighted by atomic mass is 33.1. The lowest BCUT2D eigenvalue weighted by molar-refractivity contribution is 0.210. The molecule has 0 aromatic carbocycles. The van der Waals surface area contributed by atoms with Gasteiger partial charge in [-0.15, -0.1) is 4.39 Å². The summed E-state index contributed by atoms with van der Waals surface area (Å²) < 4.78 is 13.2. The lowest BCUT2D eigenvalue weighted by Gasteiger charge is -2.08. The van der Waals surface area contributed by atoms with E-state index < -0.39 is 6.16 Å². The molecular formula is C14H28FNOS2. The Labute approximate surface area is 125 Å². The fraction of sp³-hybridized carbons (Fsp3) is 0.929. The van der Waals surface area contributed by atoms with E-state index in [2.05, 4.69) is 6.92 Å². The van der Waals surface area contributed by atoms with Gasteiger partial charge in [-0.2, -0.15) is 0 Å². The average Bonchev–Trinajstić information content (AvgIpc) is 2.39. The number of halogens is 1. The Bertz CT molecular complexity index is 218.